The van der Waals surface area contributed by atoms with Crippen LogP contribution < -0.4 is 18.9 Å². The number of fused-ring (bicyclic) bond motifs is 5. The Morgan fingerprint density at radius 1 is 1.12 bits per heavy atom. The summed E-state index contributed by atoms with van der Waals surface area (Å²) in [7, 11) is 1.34. The molecular formula is C25H17NO7. The molecule has 0 N–H and O–H groups in total. The Morgan fingerprint density at radius 3 is 2.85 bits per heavy atom. The predicted molar refractivity (Wildman–Crippen MR) is 115 cm³/mol. The third-order valence-electron chi connectivity index (χ3n) is 5.86. The van der Waals surface area contributed by atoms with Gasteiger partial charge in [0.05, 0.1) is 19.1 Å². The first-order chi connectivity index (χ1) is 16.1. The maximum absolute atomic E-state index is 13.2. The van der Waals surface area contributed by atoms with Gasteiger partial charge in [0, 0.05) is 23.2 Å². The smallest absolute Gasteiger partial charge is 0.306 e. The van der Waals surface area contributed by atoms with Gasteiger partial charge in [-0.1, -0.05) is 12.1 Å². The van der Waals surface area contributed by atoms with Crippen LogP contribution in [0.3, 0.4) is 0 Å². The van der Waals surface area contributed by atoms with E-state index in [9.17, 15) is 9.59 Å². The van der Waals surface area contributed by atoms with Crippen LogP contribution in [0.2, 0.25) is 0 Å². The third-order valence-corrected chi connectivity index (χ3v) is 5.86. The highest BCUT2D eigenvalue weighted by Gasteiger charge is 2.39. The van der Waals surface area contributed by atoms with Gasteiger partial charge in [-0.3, -0.25) is 9.59 Å². The highest BCUT2D eigenvalue weighted by atomic mass is 16.7. The summed E-state index contributed by atoms with van der Waals surface area (Å²) in [4.78, 5) is 29.7. The Hall–Kier alpha value is -4.33. The van der Waals surface area contributed by atoms with Gasteiger partial charge in [-0.05, 0) is 42.0 Å². The number of ketones is 1. The molecular weight excluding hydrogens is 426 g/mol. The number of ether oxygens (including phenoxy) is 5. The summed E-state index contributed by atoms with van der Waals surface area (Å²) in [5, 5.41) is 0. The van der Waals surface area contributed by atoms with Crippen molar-refractivity contribution in [1.29, 1.82) is 0 Å². The third kappa shape index (κ3) is 3.10. The van der Waals surface area contributed by atoms with Gasteiger partial charge in [0.25, 0.3) is 0 Å². The van der Waals surface area contributed by atoms with Crippen molar-refractivity contribution in [1.82, 2.24) is 4.98 Å². The molecule has 1 atom stereocenters. The number of hydrogen-bond donors (Lipinski definition) is 0. The summed E-state index contributed by atoms with van der Waals surface area (Å²) in [6.45, 7) is 0.167. The molecule has 33 heavy (non-hydrogen) atoms. The lowest BCUT2D eigenvalue weighted by Crippen LogP contribution is -2.16. The molecule has 0 aliphatic carbocycles. The predicted octanol–water partition coefficient (Wildman–Crippen LogP) is 4.23. The lowest BCUT2D eigenvalue weighted by atomic mass is 9.85. The minimum Gasteiger partial charge on any atom is -0.469 e. The molecule has 2 aromatic carbocycles. The molecule has 0 spiro atoms. The standard InChI is InChI=1S/C25H17NO7/c1-29-21(27)11-16-14-3-2-8-26-25(14)33-18-7-5-15-23(28)20(32-24(15)22(16)18)10-13-4-6-17-19(9-13)31-12-30-17/h2-10,16H,11-12H2,1H3/b20-10-/t16-/m1/s1. The van der Waals surface area contributed by atoms with E-state index in [2.05, 4.69) is 4.98 Å². The van der Waals surface area contributed by atoms with Crippen LogP contribution in [0.5, 0.6) is 28.9 Å². The molecule has 3 aromatic rings. The molecule has 1 aromatic heterocycles. The number of esters is 1. The highest BCUT2D eigenvalue weighted by molar-refractivity contribution is 6.15. The van der Waals surface area contributed by atoms with Crippen LogP contribution in [-0.4, -0.2) is 30.6 Å². The fourth-order valence-electron chi connectivity index (χ4n) is 4.30. The summed E-state index contributed by atoms with van der Waals surface area (Å²) >= 11 is 0. The van der Waals surface area contributed by atoms with Crippen molar-refractivity contribution in [3.63, 3.8) is 0 Å². The van der Waals surface area contributed by atoms with E-state index in [1.54, 1.807) is 42.6 Å². The second-order valence-electron chi connectivity index (χ2n) is 7.74. The Balaban J connectivity index is 1.43. The highest BCUT2D eigenvalue weighted by Crippen LogP contribution is 2.52. The van der Waals surface area contributed by atoms with E-state index in [4.69, 9.17) is 23.7 Å². The molecule has 3 aliphatic heterocycles. The second-order valence-corrected chi connectivity index (χ2v) is 7.74. The zero-order chi connectivity index (χ0) is 22.5. The normalized spacial score (nSPS) is 18.2. The zero-order valence-electron chi connectivity index (χ0n) is 17.5. The monoisotopic (exact) mass is 443 g/mol. The van der Waals surface area contributed by atoms with E-state index in [1.165, 1.54) is 7.11 Å². The lowest BCUT2D eigenvalue weighted by Gasteiger charge is -2.27. The number of hydrogen-bond acceptors (Lipinski definition) is 8. The Labute approximate surface area is 188 Å². The number of Topliss-reactive ketones (excluding diaryl/α,β-unsaturated/α-hetero) is 1. The summed E-state index contributed by atoms with van der Waals surface area (Å²) in [6, 6.07) is 12.4. The minimum atomic E-state index is -0.433. The molecule has 164 valence electrons. The van der Waals surface area contributed by atoms with E-state index < -0.39 is 5.92 Å². The fraction of sp³-hybridized carbons (Fsp3) is 0.160. The number of carbonyl (C=O) groups is 2. The zero-order valence-corrected chi connectivity index (χ0v) is 17.5. The van der Waals surface area contributed by atoms with Crippen LogP contribution in [-0.2, 0) is 9.53 Å². The van der Waals surface area contributed by atoms with Crippen LogP contribution in [0.4, 0.5) is 0 Å². The number of aromatic nitrogens is 1. The van der Waals surface area contributed by atoms with Crippen LogP contribution in [0.15, 0.2) is 54.4 Å². The first kappa shape index (κ1) is 19.4. The molecule has 0 unspecified atom stereocenters. The summed E-state index contributed by atoms with van der Waals surface area (Å²) < 4.78 is 27.7. The molecule has 0 saturated carbocycles. The SMILES string of the molecule is COC(=O)C[C@@H]1c2cccnc2Oc2ccc3c(c21)O/C(=C\c1ccc2c(c1)OCO2)C3=O. The number of nitrogens with zero attached hydrogens (tertiary/aromatic N) is 1. The van der Waals surface area contributed by atoms with E-state index in [1.807, 2.05) is 12.1 Å². The van der Waals surface area contributed by atoms with Gasteiger partial charge in [0.1, 0.15) is 11.5 Å². The van der Waals surface area contributed by atoms with Crippen molar-refractivity contribution in [2.24, 2.45) is 0 Å². The van der Waals surface area contributed by atoms with Crippen LogP contribution in [0, 0.1) is 0 Å². The number of methoxy groups -OCH3 is 1. The largest absolute Gasteiger partial charge is 0.469 e. The fourth-order valence-corrected chi connectivity index (χ4v) is 4.30. The number of benzene rings is 2. The van der Waals surface area contributed by atoms with Crippen molar-refractivity contribution in [2.45, 2.75) is 12.3 Å². The average Bonchev–Trinajstić information content (AvgIpc) is 3.42. The Kier molecular flexibility index (Phi) is 4.33. The van der Waals surface area contributed by atoms with Gasteiger partial charge in [-0.15, -0.1) is 0 Å². The summed E-state index contributed by atoms with van der Waals surface area (Å²) in [5.74, 6) is 1.66. The van der Waals surface area contributed by atoms with E-state index in [0.29, 0.717) is 40.0 Å². The van der Waals surface area contributed by atoms with Gasteiger partial charge in [0.15, 0.2) is 17.3 Å². The average molecular weight is 443 g/mol. The van der Waals surface area contributed by atoms with E-state index >= 15 is 0 Å². The van der Waals surface area contributed by atoms with Crippen molar-refractivity contribution in [3.8, 4) is 28.9 Å². The summed E-state index contributed by atoms with van der Waals surface area (Å²) in [5.41, 5.74) is 2.50. The maximum Gasteiger partial charge on any atom is 0.306 e. The van der Waals surface area contributed by atoms with Crippen molar-refractivity contribution in [3.05, 3.63) is 76.7 Å². The molecule has 8 nitrogen and oxygen atoms in total. The van der Waals surface area contributed by atoms with Gasteiger partial charge in [-0.25, -0.2) is 4.98 Å². The van der Waals surface area contributed by atoms with E-state index in [-0.39, 0.29) is 30.7 Å². The van der Waals surface area contributed by atoms with Crippen molar-refractivity contribution >= 4 is 17.8 Å². The Morgan fingerprint density at radius 2 is 1.97 bits per heavy atom. The molecule has 0 bridgehead atoms. The van der Waals surface area contributed by atoms with Crippen LogP contribution in [0.1, 0.15) is 39.4 Å². The first-order valence-corrected chi connectivity index (χ1v) is 10.3. The number of carbonyl (C=O) groups excluding carboxylic acids is 2. The van der Waals surface area contributed by atoms with Crippen LogP contribution in [0.25, 0.3) is 6.08 Å². The molecule has 6 rings (SSSR count). The van der Waals surface area contributed by atoms with Crippen molar-refractivity contribution < 1.29 is 33.3 Å². The molecule has 0 fully saturated rings. The number of allylic oxidation sites excluding steroid dienone is 1. The first-order valence-electron chi connectivity index (χ1n) is 10.3. The van der Waals surface area contributed by atoms with Crippen LogP contribution >= 0.6 is 0 Å². The van der Waals surface area contributed by atoms with Gasteiger partial charge in [-0.2, -0.15) is 0 Å². The molecule has 3 aliphatic rings. The lowest BCUT2D eigenvalue weighted by molar-refractivity contribution is -0.140. The van der Waals surface area contributed by atoms with Crippen molar-refractivity contribution in [2.75, 3.05) is 13.9 Å². The number of rotatable bonds is 3. The van der Waals surface area contributed by atoms with E-state index in [0.717, 1.165) is 11.1 Å². The minimum absolute atomic E-state index is 0.0563. The van der Waals surface area contributed by atoms with Gasteiger partial charge in [0.2, 0.25) is 18.5 Å². The topological polar surface area (TPSA) is 93.2 Å². The summed E-state index contributed by atoms with van der Waals surface area (Å²) in [6.07, 6.45) is 3.34. The van der Waals surface area contributed by atoms with Gasteiger partial charge >= 0.3 is 5.97 Å². The molecule has 4 heterocycles. The molecule has 0 amide bonds. The quantitative estimate of drug-likeness (QED) is 0.439. The van der Waals surface area contributed by atoms with Gasteiger partial charge < -0.3 is 23.7 Å². The molecule has 0 saturated heterocycles. The maximum atomic E-state index is 13.2. The molecule has 8 heteroatoms. The Bertz CT molecular complexity index is 1360. The molecule has 0 radical (unpaired) electrons. The second kappa shape index (κ2) is 7.37. The number of pyridine rings is 1.